The van der Waals surface area contributed by atoms with Crippen molar-refractivity contribution in [2.24, 2.45) is 0 Å². The van der Waals surface area contributed by atoms with E-state index in [4.69, 9.17) is 18.9 Å². The molecule has 1 aromatic carbocycles. The highest BCUT2D eigenvalue weighted by atomic mass is 16.5. The van der Waals surface area contributed by atoms with Gasteiger partial charge in [-0.25, -0.2) is 9.59 Å². The lowest BCUT2D eigenvalue weighted by Gasteiger charge is -2.36. The van der Waals surface area contributed by atoms with Gasteiger partial charge in [0.05, 0.1) is 39.6 Å². The summed E-state index contributed by atoms with van der Waals surface area (Å²) in [6.45, 7) is 6.16. The van der Waals surface area contributed by atoms with Gasteiger partial charge >= 0.3 is 12.0 Å². The molecule has 1 fully saturated rings. The molecule has 3 amide bonds. The molecule has 1 aromatic rings. The molecule has 0 aromatic heterocycles. The van der Waals surface area contributed by atoms with E-state index in [1.54, 1.807) is 30.9 Å². The van der Waals surface area contributed by atoms with Crippen molar-refractivity contribution in [3.8, 4) is 17.2 Å². The van der Waals surface area contributed by atoms with E-state index in [-0.39, 0.29) is 18.1 Å². The van der Waals surface area contributed by atoms with Crippen LogP contribution in [0, 0.1) is 0 Å². The molecule has 0 unspecified atom stereocenters. The van der Waals surface area contributed by atoms with E-state index in [0.717, 1.165) is 0 Å². The summed E-state index contributed by atoms with van der Waals surface area (Å²) < 4.78 is 21.8. The minimum Gasteiger partial charge on any atom is -0.493 e. The maximum Gasteiger partial charge on any atom is 0.338 e. The molecule has 186 valence electrons. The molecule has 1 atom stereocenters. The summed E-state index contributed by atoms with van der Waals surface area (Å²) >= 11 is 0. The Morgan fingerprint density at radius 2 is 1.71 bits per heavy atom. The molecule has 11 nitrogen and oxygen atoms in total. The number of nitrogens with zero attached hydrogens (tertiary/aromatic N) is 2. The first-order valence-electron chi connectivity index (χ1n) is 11.1. The number of piperazine rings is 1. The molecule has 0 aliphatic carbocycles. The van der Waals surface area contributed by atoms with Crippen molar-refractivity contribution in [1.82, 2.24) is 20.4 Å². The molecular formula is C23H32N4O7. The van der Waals surface area contributed by atoms with Crippen LogP contribution in [0.2, 0.25) is 0 Å². The van der Waals surface area contributed by atoms with Crippen molar-refractivity contribution < 1.29 is 33.3 Å². The zero-order valence-corrected chi connectivity index (χ0v) is 20.2. The Morgan fingerprint density at radius 1 is 1.03 bits per heavy atom. The highest BCUT2D eigenvalue weighted by Crippen LogP contribution is 2.44. The molecule has 3 rings (SSSR count). The van der Waals surface area contributed by atoms with Crippen molar-refractivity contribution in [3.63, 3.8) is 0 Å². The second-order valence-corrected chi connectivity index (χ2v) is 7.85. The summed E-state index contributed by atoms with van der Waals surface area (Å²) in [5, 5.41) is 5.60. The molecule has 2 N–H and O–H groups in total. The van der Waals surface area contributed by atoms with Gasteiger partial charge in [0.25, 0.3) is 0 Å². The van der Waals surface area contributed by atoms with E-state index in [0.29, 0.717) is 61.2 Å². The number of ether oxygens (including phenoxy) is 4. The van der Waals surface area contributed by atoms with Crippen molar-refractivity contribution in [2.45, 2.75) is 19.9 Å². The summed E-state index contributed by atoms with van der Waals surface area (Å²) in [7, 11) is 4.48. The smallest absolute Gasteiger partial charge is 0.338 e. The van der Waals surface area contributed by atoms with E-state index >= 15 is 0 Å². The Kier molecular flexibility index (Phi) is 8.21. The van der Waals surface area contributed by atoms with E-state index < -0.39 is 18.0 Å². The van der Waals surface area contributed by atoms with Gasteiger partial charge in [-0.2, -0.15) is 0 Å². The molecule has 0 bridgehead atoms. The van der Waals surface area contributed by atoms with Crippen LogP contribution in [0.3, 0.4) is 0 Å². The third-order valence-electron chi connectivity index (χ3n) is 5.89. The fourth-order valence-electron chi connectivity index (χ4n) is 4.22. The van der Waals surface area contributed by atoms with Gasteiger partial charge in [-0.1, -0.05) is 0 Å². The lowest BCUT2D eigenvalue weighted by atomic mass is 9.93. The Balaban J connectivity index is 2.03. The summed E-state index contributed by atoms with van der Waals surface area (Å²) in [6.07, 6.45) is 0. The first-order chi connectivity index (χ1) is 16.3. The molecule has 2 aliphatic heterocycles. The van der Waals surface area contributed by atoms with Crippen LogP contribution in [-0.4, -0.2) is 88.4 Å². The average Bonchev–Trinajstić information content (AvgIpc) is 2.82. The second-order valence-electron chi connectivity index (χ2n) is 7.85. The molecule has 34 heavy (non-hydrogen) atoms. The lowest BCUT2D eigenvalue weighted by Crippen LogP contribution is -2.52. The number of urea groups is 1. The SMILES string of the molecule is CCOC(=O)C1=C(CN2CCN(C(C)=O)CC2)NC(=O)N[C@@H]1c1ccc(OC)c(OC)c1OC. The third kappa shape index (κ3) is 5.19. The molecule has 0 radical (unpaired) electrons. The first-order valence-corrected chi connectivity index (χ1v) is 11.1. The Bertz CT molecular complexity index is 970. The van der Waals surface area contributed by atoms with E-state index in [1.807, 2.05) is 0 Å². The fourth-order valence-corrected chi connectivity index (χ4v) is 4.22. The van der Waals surface area contributed by atoms with Crippen LogP contribution in [-0.2, 0) is 14.3 Å². The number of nitrogens with one attached hydrogen (secondary N) is 2. The molecule has 11 heteroatoms. The van der Waals surface area contributed by atoms with E-state index in [9.17, 15) is 14.4 Å². The van der Waals surface area contributed by atoms with Crippen LogP contribution in [0.25, 0.3) is 0 Å². The minimum absolute atomic E-state index is 0.0295. The zero-order chi connectivity index (χ0) is 24.8. The normalized spacial score (nSPS) is 18.7. The average molecular weight is 477 g/mol. The predicted molar refractivity (Wildman–Crippen MR) is 123 cm³/mol. The molecule has 1 saturated heterocycles. The third-order valence-corrected chi connectivity index (χ3v) is 5.89. The Labute approximate surface area is 198 Å². The van der Waals surface area contributed by atoms with E-state index in [2.05, 4.69) is 15.5 Å². The van der Waals surface area contributed by atoms with Crippen LogP contribution >= 0.6 is 0 Å². The predicted octanol–water partition coefficient (Wildman–Crippen LogP) is 1.05. The highest BCUT2D eigenvalue weighted by Gasteiger charge is 2.37. The van der Waals surface area contributed by atoms with Crippen molar-refractivity contribution in [3.05, 3.63) is 29.0 Å². The van der Waals surface area contributed by atoms with Gasteiger partial charge < -0.3 is 34.5 Å². The van der Waals surface area contributed by atoms with Crippen LogP contribution < -0.4 is 24.8 Å². The van der Waals surface area contributed by atoms with Gasteiger partial charge in [-0.3, -0.25) is 9.69 Å². The number of hydrogen-bond acceptors (Lipinski definition) is 8. The number of benzene rings is 1. The lowest BCUT2D eigenvalue weighted by molar-refractivity contribution is -0.139. The van der Waals surface area contributed by atoms with E-state index in [1.165, 1.54) is 21.3 Å². The van der Waals surface area contributed by atoms with Crippen LogP contribution in [0.4, 0.5) is 4.79 Å². The molecule has 2 aliphatic rings. The number of hydrogen-bond donors (Lipinski definition) is 2. The highest BCUT2D eigenvalue weighted by molar-refractivity contribution is 5.95. The quantitative estimate of drug-likeness (QED) is 0.535. The number of methoxy groups -OCH3 is 3. The number of amides is 3. The van der Waals surface area contributed by atoms with Gasteiger partial charge in [-0.15, -0.1) is 0 Å². The standard InChI is InChI=1S/C23H32N4O7/c1-6-34-22(29)18-16(13-26-9-11-27(12-10-26)14(2)28)24-23(30)25-19(18)15-7-8-17(31-3)21(33-5)20(15)32-4/h7-8,19H,6,9-13H2,1-5H3,(H2,24,25,30)/t19-/m1/s1. The van der Waals surface area contributed by atoms with Gasteiger partial charge in [-0.05, 0) is 19.1 Å². The number of carbonyl (C=O) groups excluding carboxylic acids is 3. The van der Waals surface area contributed by atoms with Crippen molar-refractivity contribution in [1.29, 1.82) is 0 Å². The first kappa shape index (κ1) is 25.2. The fraction of sp³-hybridized carbons (Fsp3) is 0.522. The second kappa shape index (κ2) is 11.1. The largest absolute Gasteiger partial charge is 0.493 e. The zero-order valence-electron chi connectivity index (χ0n) is 20.2. The van der Waals surface area contributed by atoms with Gasteiger partial charge in [0.15, 0.2) is 11.5 Å². The van der Waals surface area contributed by atoms with Crippen LogP contribution in [0.15, 0.2) is 23.4 Å². The number of esters is 1. The maximum absolute atomic E-state index is 13.1. The van der Waals surface area contributed by atoms with Crippen molar-refractivity contribution in [2.75, 3.05) is 60.7 Å². The molecule has 0 saturated carbocycles. The van der Waals surface area contributed by atoms with Gasteiger partial charge in [0.1, 0.15) is 0 Å². The monoisotopic (exact) mass is 476 g/mol. The summed E-state index contributed by atoms with van der Waals surface area (Å²) in [5.41, 5.74) is 1.25. The summed E-state index contributed by atoms with van der Waals surface area (Å²) in [6, 6.07) is 2.12. The van der Waals surface area contributed by atoms with Crippen molar-refractivity contribution >= 4 is 17.9 Å². The topological polar surface area (TPSA) is 119 Å². The van der Waals surface area contributed by atoms with Crippen LogP contribution in [0.5, 0.6) is 17.2 Å². The summed E-state index contributed by atoms with van der Waals surface area (Å²) in [4.78, 5) is 41.3. The molecule has 2 heterocycles. The Morgan fingerprint density at radius 3 is 2.26 bits per heavy atom. The molecular weight excluding hydrogens is 444 g/mol. The van der Waals surface area contributed by atoms with Gasteiger partial charge in [0, 0.05) is 50.9 Å². The number of carbonyl (C=O) groups is 3. The minimum atomic E-state index is -0.837. The number of rotatable bonds is 8. The summed E-state index contributed by atoms with van der Waals surface area (Å²) in [5.74, 6) is 0.621. The Hall–Kier alpha value is -3.47. The maximum atomic E-state index is 13.1. The van der Waals surface area contributed by atoms with Gasteiger partial charge in [0.2, 0.25) is 11.7 Å². The van der Waals surface area contributed by atoms with Crippen LogP contribution in [0.1, 0.15) is 25.5 Å². The molecule has 0 spiro atoms.